The third kappa shape index (κ3) is 2.78. The van der Waals surface area contributed by atoms with E-state index >= 15 is 0 Å². The highest BCUT2D eigenvalue weighted by Crippen LogP contribution is 2.36. The van der Waals surface area contributed by atoms with Crippen molar-refractivity contribution in [2.24, 2.45) is 5.92 Å². The van der Waals surface area contributed by atoms with E-state index in [1.165, 1.54) is 31.2 Å². The Kier molecular flexibility index (Phi) is 4.25. The molecular weight excluding hydrogens is 218 g/mol. The minimum atomic E-state index is 0.434. The summed E-state index contributed by atoms with van der Waals surface area (Å²) in [5.74, 6) is 0.903. The van der Waals surface area contributed by atoms with Crippen LogP contribution in [0.3, 0.4) is 0 Å². The lowest BCUT2D eigenvalue weighted by Gasteiger charge is -2.30. The molecule has 1 aliphatic carbocycles. The fourth-order valence-electron chi connectivity index (χ4n) is 2.39. The summed E-state index contributed by atoms with van der Waals surface area (Å²) in [5.41, 5.74) is 1.26. The predicted molar refractivity (Wildman–Crippen MR) is 69.8 cm³/mol. The molecule has 0 saturated heterocycles. The highest BCUT2D eigenvalue weighted by Gasteiger charge is 2.23. The van der Waals surface area contributed by atoms with Gasteiger partial charge in [-0.1, -0.05) is 56.0 Å². The quantitative estimate of drug-likeness (QED) is 0.810. The molecule has 0 spiro atoms. The van der Waals surface area contributed by atoms with Crippen LogP contribution in [0.25, 0.3) is 0 Å². The highest BCUT2D eigenvalue weighted by atomic mass is 35.5. The molecule has 1 N–H and O–H groups in total. The van der Waals surface area contributed by atoms with Gasteiger partial charge >= 0.3 is 0 Å². The zero-order valence-corrected chi connectivity index (χ0v) is 10.6. The van der Waals surface area contributed by atoms with Crippen LogP contribution in [0.15, 0.2) is 24.3 Å². The molecule has 0 heterocycles. The lowest BCUT2D eigenvalue weighted by Crippen LogP contribution is -2.26. The Balaban J connectivity index is 2.08. The van der Waals surface area contributed by atoms with Crippen molar-refractivity contribution >= 4 is 11.6 Å². The van der Waals surface area contributed by atoms with Crippen molar-refractivity contribution in [3.63, 3.8) is 0 Å². The number of hydrogen-bond donors (Lipinski definition) is 1. The molecule has 1 saturated carbocycles. The van der Waals surface area contributed by atoms with Crippen molar-refractivity contribution in [3.05, 3.63) is 34.9 Å². The summed E-state index contributed by atoms with van der Waals surface area (Å²) in [6.45, 7) is 3.16. The van der Waals surface area contributed by atoms with Crippen LogP contribution in [0.1, 0.15) is 44.2 Å². The van der Waals surface area contributed by atoms with Crippen molar-refractivity contribution in [3.8, 4) is 0 Å². The molecule has 2 heteroatoms. The molecule has 1 fully saturated rings. The van der Waals surface area contributed by atoms with Gasteiger partial charge in [0.05, 0.1) is 0 Å². The molecule has 0 aliphatic heterocycles. The Labute approximate surface area is 103 Å². The zero-order chi connectivity index (χ0) is 11.4. The molecular formula is C14H20ClN. The van der Waals surface area contributed by atoms with Crippen LogP contribution in [0.2, 0.25) is 5.02 Å². The summed E-state index contributed by atoms with van der Waals surface area (Å²) in [6.07, 6.45) is 5.43. The molecule has 0 amide bonds. The van der Waals surface area contributed by atoms with Crippen molar-refractivity contribution in [2.45, 2.75) is 38.6 Å². The Morgan fingerprint density at radius 1 is 1.38 bits per heavy atom. The van der Waals surface area contributed by atoms with E-state index in [1.807, 2.05) is 12.1 Å². The van der Waals surface area contributed by atoms with Crippen LogP contribution >= 0.6 is 11.6 Å². The van der Waals surface area contributed by atoms with Gasteiger partial charge in [-0.2, -0.15) is 0 Å². The molecule has 1 atom stereocenters. The second-order valence-electron chi connectivity index (χ2n) is 4.66. The molecule has 88 valence electrons. The Morgan fingerprint density at radius 3 is 2.69 bits per heavy atom. The highest BCUT2D eigenvalue weighted by molar-refractivity contribution is 6.31. The molecule has 1 aromatic rings. The van der Waals surface area contributed by atoms with Crippen LogP contribution in [0.5, 0.6) is 0 Å². The van der Waals surface area contributed by atoms with Gasteiger partial charge in [-0.15, -0.1) is 0 Å². The number of halogens is 1. The first-order chi connectivity index (χ1) is 7.81. The van der Waals surface area contributed by atoms with Crippen LogP contribution in [0.4, 0.5) is 0 Å². The predicted octanol–water partition coefficient (Wildman–Crippen LogP) is 4.18. The fourth-order valence-corrected chi connectivity index (χ4v) is 2.65. The lowest BCUT2D eigenvalue weighted by atomic mass is 9.79. The molecule has 1 aliphatic rings. The third-order valence-electron chi connectivity index (χ3n) is 3.52. The Morgan fingerprint density at radius 2 is 2.12 bits per heavy atom. The molecule has 0 bridgehead atoms. The van der Waals surface area contributed by atoms with E-state index in [4.69, 9.17) is 11.6 Å². The van der Waals surface area contributed by atoms with Crippen molar-refractivity contribution < 1.29 is 0 Å². The lowest BCUT2D eigenvalue weighted by molar-refractivity contribution is 0.262. The summed E-state index contributed by atoms with van der Waals surface area (Å²) < 4.78 is 0. The van der Waals surface area contributed by atoms with Crippen LogP contribution in [0, 0.1) is 5.92 Å². The van der Waals surface area contributed by atoms with Crippen LogP contribution in [-0.2, 0) is 0 Å². The summed E-state index contributed by atoms with van der Waals surface area (Å²) in [7, 11) is 0. The van der Waals surface area contributed by atoms with E-state index in [-0.39, 0.29) is 0 Å². The smallest absolute Gasteiger partial charge is 0.0453 e. The third-order valence-corrected chi connectivity index (χ3v) is 3.87. The van der Waals surface area contributed by atoms with Gasteiger partial charge < -0.3 is 5.32 Å². The minimum absolute atomic E-state index is 0.434. The zero-order valence-electron chi connectivity index (χ0n) is 9.88. The molecule has 1 aromatic carbocycles. The van der Waals surface area contributed by atoms with Gasteiger partial charge in [-0.05, 0) is 30.5 Å². The number of hydrogen-bond acceptors (Lipinski definition) is 1. The van der Waals surface area contributed by atoms with Gasteiger partial charge in [-0.3, -0.25) is 0 Å². The second-order valence-corrected chi connectivity index (χ2v) is 5.07. The van der Waals surface area contributed by atoms with E-state index in [2.05, 4.69) is 24.4 Å². The first-order valence-electron chi connectivity index (χ1n) is 6.29. The van der Waals surface area contributed by atoms with E-state index < -0.39 is 0 Å². The molecule has 0 aromatic heterocycles. The maximum absolute atomic E-state index is 6.26. The molecule has 1 nitrogen and oxygen atoms in total. The second kappa shape index (κ2) is 5.70. The molecule has 1 unspecified atom stereocenters. The van der Waals surface area contributed by atoms with E-state index in [0.717, 1.165) is 17.5 Å². The van der Waals surface area contributed by atoms with E-state index in [0.29, 0.717) is 6.04 Å². The standard InChI is InChI=1S/C14H20ClN/c1-2-16-14(10-11-6-5-7-11)12-8-3-4-9-13(12)15/h3-4,8-9,11,14,16H,2,5-7,10H2,1H3. The summed E-state index contributed by atoms with van der Waals surface area (Å²) >= 11 is 6.26. The minimum Gasteiger partial charge on any atom is -0.310 e. The van der Waals surface area contributed by atoms with Crippen LogP contribution in [-0.4, -0.2) is 6.54 Å². The van der Waals surface area contributed by atoms with Crippen molar-refractivity contribution in [2.75, 3.05) is 6.54 Å². The molecule has 0 radical (unpaired) electrons. The van der Waals surface area contributed by atoms with E-state index in [1.54, 1.807) is 0 Å². The Hall–Kier alpha value is -0.530. The maximum atomic E-state index is 6.26. The van der Waals surface area contributed by atoms with Gasteiger partial charge in [-0.25, -0.2) is 0 Å². The monoisotopic (exact) mass is 237 g/mol. The van der Waals surface area contributed by atoms with Gasteiger partial charge in [0.25, 0.3) is 0 Å². The van der Waals surface area contributed by atoms with Gasteiger partial charge in [0.15, 0.2) is 0 Å². The normalized spacial score (nSPS) is 18.1. The van der Waals surface area contributed by atoms with Crippen molar-refractivity contribution in [1.29, 1.82) is 0 Å². The topological polar surface area (TPSA) is 12.0 Å². The number of benzene rings is 1. The maximum Gasteiger partial charge on any atom is 0.0453 e. The summed E-state index contributed by atoms with van der Waals surface area (Å²) in [6, 6.07) is 8.64. The summed E-state index contributed by atoms with van der Waals surface area (Å²) in [5, 5.41) is 4.45. The van der Waals surface area contributed by atoms with Crippen LogP contribution < -0.4 is 5.32 Å². The largest absolute Gasteiger partial charge is 0.310 e. The van der Waals surface area contributed by atoms with Crippen molar-refractivity contribution in [1.82, 2.24) is 5.32 Å². The first kappa shape index (κ1) is 11.9. The first-order valence-corrected chi connectivity index (χ1v) is 6.67. The number of rotatable bonds is 5. The summed E-state index contributed by atoms with van der Waals surface area (Å²) in [4.78, 5) is 0. The molecule has 2 rings (SSSR count). The average molecular weight is 238 g/mol. The number of nitrogens with one attached hydrogen (secondary N) is 1. The fraction of sp³-hybridized carbons (Fsp3) is 0.571. The Bertz CT molecular complexity index is 333. The SMILES string of the molecule is CCNC(CC1CCC1)c1ccccc1Cl. The van der Waals surface area contributed by atoms with Gasteiger partial charge in [0, 0.05) is 11.1 Å². The van der Waals surface area contributed by atoms with E-state index in [9.17, 15) is 0 Å². The van der Waals surface area contributed by atoms with Gasteiger partial charge in [0.1, 0.15) is 0 Å². The van der Waals surface area contributed by atoms with Gasteiger partial charge in [0.2, 0.25) is 0 Å². The average Bonchev–Trinajstić information content (AvgIpc) is 2.23. The molecule has 16 heavy (non-hydrogen) atoms.